The molecule has 2 aromatic rings. The Morgan fingerprint density at radius 2 is 1.86 bits per heavy atom. The highest BCUT2D eigenvalue weighted by Gasteiger charge is 2.29. The maximum absolute atomic E-state index is 12.5. The van der Waals surface area contributed by atoms with Gasteiger partial charge in [-0.15, -0.1) is 0 Å². The number of carbonyl (C=O) groups excluding carboxylic acids is 1. The minimum absolute atomic E-state index is 0.107. The van der Waals surface area contributed by atoms with Crippen LogP contribution in [0.3, 0.4) is 0 Å². The van der Waals surface area contributed by atoms with Crippen molar-refractivity contribution >= 4 is 17.5 Å². The number of fused-ring (bicyclic) bond motifs is 1. The molecule has 0 saturated heterocycles. The van der Waals surface area contributed by atoms with Crippen molar-refractivity contribution in [2.45, 2.75) is 12.6 Å². The topological polar surface area (TPSA) is 38.8 Å². The molecule has 22 heavy (non-hydrogen) atoms. The molecule has 0 spiro atoms. The number of likely N-dealkylation sites (N-methyl/N-ethyl adjacent to an activating group) is 1. The van der Waals surface area contributed by atoms with E-state index in [-0.39, 0.29) is 12.5 Å². The smallest absolute Gasteiger partial charge is 0.267 e. The van der Waals surface area contributed by atoms with Crippen molar-refractivity contribution in [2.24, 2.45) is 0 Å². The summed E-state index contributed by atoms with van der Waals surface area (Å²) in [4.78, 5) is 14.1. The molecule has 4 nitrogen and oxygen atoms in total. The first kappa shape index (κ1) is 14.7. The Morgan fingerprint density at radius 1 is 1.18 bits per heavy atom. The van der Waals surface area contributed by atoms with Crippen LogP contribution in [0.2, 0.25) is 5.02 Å². The van der Waals surface area contributed by atoms with Gasteiger partial charge in [0.1, 0.15) is 6.61 Å². The Kier molecular flexibility index (Phi) is 4.20. The number of amides is 1. The zero-order chi connectivity index (χ0) is 15.5. The van der Waals surface area contributed by atoms with Crippen LogP contribution in [0.25, 0.3) is 0 Å². The molecule has 114 valence electrons. The van der Waals surface area contributed by atoms with Crippen molar-refractivity contribution in [1.29, 1.82) is 0 Å². The summed E-state index contributed by atoms with van der Waals surface area (Å²) >= 11 is 5.86. The number of rotatable bonds is 3. The second kappa shape index (κ2) is 6.28. The van der Waals surface area contributed by atoms with E-state index in [0.717, 1.165) is 5.56 Å². The quantitative estimate of drug-likeness (QED) is 0.873. The molecular formula is C17H16ClNO3. The van der Waals surface area contributed by atoms with Gasteiger partial charge in [0, 0.05) is 18.6 Å². The molecule has 0 aliphatic carbocycles. The highest BCUT2D eigenvalue weighted by Crippen LogP contribution is 2.31. The number of benzene rings is 2. The van der Waals surface area contributed by atoms with E-state index in [2.05, 4.69) is 0 Å². The largest absolute Gasteiger partial charge is 0.485 e. The standard InChI is InChI=1S/C17H16ClNO3/c1-19(10-12-6-8-13(18)9-7-12)17(20)16-11-21-14-4-2-3-5-15(14)22-16/h2-9,16H,10-11H2,1H3/t16-/m1/s1. The highest BCUT2D eigenvalue weighted by molar-refractivity contribution is 6.30. The number of nitrogens with zero attached hydrogens (tertiary/aromatic N) is 1. The van der Waals surface area contributed by atoms with Gasteiger partial charge in [-0.25, -0.2) is 0 Å². The van der Waals surface area contributed by atoms with E-state index in [1.807, 2.05) is 42.5 Å². The zero-order valence-corrected chi connectivity index (χ0v) is 12.9. The van der Waals surface area contributed by atoms with E-state index < -0.39 is 6.10 Å². The van der Waals surface area contributed by atoms with Crippen LogP contribution in [-0.2, 0) is 11.3 Å². The lowest BCUT2D eigenvalue weighted by Gasteiger charge is -2.28. The Balaban J connectivity index is 1.65. The van der Waals surface area contributed by atoms with Gasteiger partial charge in [0.2, 0.25) is 6.10 Å². The predicted molar refractivity (Wildman–Crippen MR) is 84.3 cm³/mol. The summed E-state index contributed by atoms with van der Waals surface area (Å²) in [7, 11) is 1.75. The number of carbonyl (C=O) groups is 1. The van der Waals surface area contributed by atoms with Crippen molar-refractivity contribution in [1.82, 2.24) is 4.90 Å². The monoisotopic (exact) mass is 317 g/mol. The summed E-state index contributed by atoms with van der Waals surface area (Å²) in [6.07, 6.45) is -0.618. The molecule has 1 atom stereocenters. The molecule has 0 saturated carbocycles. The molecule has 1 aliphatic rings. The van der Waals surface area contributed by atoms with Crippen molar-refractivity contribution in [3.63, 3.8) is 0 Å². The SMILES string of the molecule is CN(Cc1ccc(Cl)cc1)C(=O)[C@H]1COc2ccccc2O1. The Bertz CT molecular complexity index is 672. The predicted octanol–water partition coefficient (Wildman–Crippen LogP) is 3.14. The fourth-order valence-electron chi connectivity index (χ4n) is 2.33. The Hall–Kier alpha value is -2.20. The third kappa shape index (κ3) is 3.17. The Labute approximate surface area is 134 Å². The second-order valence-electron chi connectivity index (χ2n) is 5.18. The molecule has 3 rings (SSSR count). The van der Waals surface area contributed by atoms with E-state index in [1.54, 1.807) is 18.0 Å². The third-order valence-electron chi connectivity index (χ3n) is 3.49. The fraction of sp³-hybridized carbons (Fsp3) is 0.235. The normalized spacial score (nSPS) is 16.2. The number of halogens is 1. The van der Waals surface area contributed by atoms with Crippen LogP contribution in [0.15, 0.2) is 48.5 Å². The van der Waals surface area contributed by atoms with Crippen LogP contribution in [0.5, 0.6) is 11.5 Å². The number of hydrogen-bond donors (Lipinski definition) is 0. The van der Waals surface area contributed by atoms with Crippen molar-refractivity contribution in [3.05, 3.63) is 59.1 Å². The van der Waals surface area contributed by atoms with Gasteiger partial charge in [0.15, 0.2) is 11.5 Å². The van der Waals surface area contributed by atoms with Gasteiger partial charge >= 0.3 is 0 Å². The summed E-state index contributed by atoms with van der Waals surface area (Å²) in [5.74, 6) is 1.17. The molecule has 0 unspecified atom stereocenters. The number of para-hydroxylation sites is 2. The van der Waals surface area contributed by atoms with E-state index in [4.69, 9.17) is 21.1 Å². The average Bonchev–Trinajstić information content (AvgIpc) is 2.55. The van der Waals surface area contributed by atoms with Gasteiger partial charge < -0.3 is 14.4 Å². The highest BCUT2D eigenvalue weighted by atomic mass is 35.5. The van der Waals surface area contributed by atoms with Gasteiger partial charge in [-0.1, -0.05) is 35.9 Å². The van der Waals surface area contributed by atoms with Crippen LogP contribution >= 0.6 is 11.6 Å². The molecule has 1 aliphatic heterocycles. The minimum atomic E-state index is -0.618. The fourth-order valence-corrected chi connectivity index (χ4v) is 2.45. The summed E-state index contributed by atoms with van der Waals surface area (Å²) in [5, 5.41) is 0.679. The first-order valence-corrected chi connectivity index (χ1v) is 7.39. The van der Waals surface area contributed by atoms with Crippen molar-refractivity contribution < 1.29 is 14.3 Å². The first-order valence-electron chi connectivity index (χ1n) is 7.01. The van der Waals surface area contributed by atoms with Crippen molar-refractivity contribution in [2.75, 3.05) is 13.7 Å². The molecule has 0 aromatic heterocycles. The molecule has 0 N–H and O–H groups in total. The van der Waals surface area contributed by atoms with Gasteiger partial charge in [0.05, 0.1) is 0 Å². The minimum Gasteiger partial charge on any atom is -0.485 e. The van der Waals surface area contributed by atoms with Crippen molar-refractivity contribution in [3.8, 4) is 11.5 Å². The molecule has 1 heterocycles. The van der Waals surface area contributed by atoms with E-state index in [9.17, 15) is 4.79 Å². The maximum Gasteiger partial charge on any atom is 0.267 e. The molecule has 0 radical (unpaired) electrons. The second-order valence-corrected chi connectivity index (χ2v) is 5.62. The van der Waals surface area contributed by atoms with Gasteiger partial charge in [-0.3, -0.25) is 4.79 Å². The summed E-state index contributed by atoms with van der Waals surface area (Å²) in [5.41, 5.74) is 1.01. The Morgan fingerprint density at radius 3 is 2.59 bits per heavy atom. The molecular weight excluding hydrogens is 302 g/mol. The van der Waals surface area contributed by atoms with E-state index >= 15 is 0 Å². The van der Waals surface area contributed by atoms with Crippen LogP contribution in [0, 0.1) is 0 Å². The summed E-state index contributed by atoms with van der Waals surface area (Å²) in [6, 6.07) is 14.8. The number of hydrogen-bond acceptors (Lipinski definition) is 3. The van der Waals surface area contributed by atoms with Crippen LogP contribution in [0.1, 0.15) is 5.56 Å². The molecule has 0 fully saturated rings. The van der Waals surface area contributed by atoms with Gasteiger partial charge in [0.25, 0.3) is 5.91 Å². The molecule has 2 aromatic carbocycles. The third-order valence-corrected chi connectivity index (χ3v) is 3.75. The summed E-state index contributed by atoms with van der Waals surface area (Å²) in [6.45, 7) is 0.721. The van der Waals surface area contributed by atoms with E-state index in [0.29, 0.717) is 23.1 Å². The lowest BCUT2D eigenvalue weighted by molar-refractivity contribution is -0.140. The van der Waals surface area contributed by atoms with Crippen LogP contribution in [-0.4, -0.2) is 30.6 Å². The number of ether oxygens (including phenoxy) is 2. The van der Waals surface area contributed by atoms with E-state index in [1.165, 1.54) is 0 Å². The molecule has 5 heteroatoms. The average molecular weight is 318 g/mol. The lowest BCUT2D eigenvalue weighted by Crippen LogP contribution is -2.44. The molecule has 0 bridgehead atoms. The first-order chi connectivity index (χ1) is 10.6. The van der Waals surface area contributed by atoms with Crippen LogP contribution < -0.4 is 9.47 Å². The lowest BCUT2D eigenvalue weighted by atomic mass is 10.2. The molecule has 1 amide bonds. The van der Waals surface area contributed by atoms with Crippen LogP contribution in [0.4, 0.5) is 0 Å². The maximum atomic E-state index is 12.5. The zero-order valence-electron chi connectivity index (χ0n) is 12.2. The summed E-state index contributed by atoms with van der Waals surface area (Å²) < 4.78 is 11.3. The van der Waals surface area contributed by atoms with Gasteiger partial charge in [-0.05, 0) is 29.8 Å². The van der Waals surface area contributed by atoms with Gasteiger partial charge in [-0.2, -0.15) is 0 Å².